The molecule has 0 atom stereocenters. The monoisotopic (exact) mass is 255 g/mol. The molecule has 0 bridgehead atoms. The van der Waals surface area contributed by atoms with Crippen LogP contribution in [0.4, 0.5) is 10.5 Å². The van der Waals surface area contributed by atoms with Crippen LogP contribution in [0.3, 0.4) is 0 Å². The van der Waals surface area contributed by atoms with Crippen molar-refractivity contribution in [3.8, 4) is 0 Å². The van der Waals surface area contributed by atoms with Gasteiger partial charge in [0.25, 0.3) is 0 Å². The highest BCUT2D eigenvalue weighted by atomic mass is 35.5. The van der Waals surface area contributed by atoms with Crippen molar-refractivity contribution >= 4 is 23.3 Å². The van der Waals surface area contributed by atoms with Gasteiger partial charge in [0.15, 0.2) is 0 Å². The molecule has 1 rings (SSSR count). The molecular weight excluding hydrogens is 238 g/mol. The number of rotatable bonds is 5. The molecule has 0 saturated heterocycles. The SMILES string of the molecule is CNCCCN(C)C(=O)Nc1cccc(Cl)c1. The van der Waals surface area contributed by atoms with E-state index in [1.165, 1.54) is 0 Å². The Hall–Kier alpha value is -1.26. The number of halogens is 1. The molecule has 0 saturated carbocycles. The Labute approximate surface area is 107 Å². The second-order valence-electron chi connectivity index (χ2n) is 3.82. The predicted octanol–water partition coefficient (Wildman–Crippen LogP) is 2.41. The largest absolute Gasteiger partial charge is 0.328 e. The minimum atomic E-state index is -0.122. The van der Waals surface area contributed by atoms with Gasteiger partial charge in [-0.3, -0.25) is 0 Å². The maximum atomic E-state index is 11.8. The number of nitrogens with one attached hydrogen (secondary N) is 2. The van der Waals surface area contributed by atoms with Crippen LogP contribution < -0.4 is 10.6 Å². The Bertz CT molecular complexity index is 371. The summed E-state index contributed by atoms with van der Waals surface area (Å²) in [5.74, 6) is 0. The second kappa shape index (κ2) is 7.14. The van der Waals surface area contributed by atoms with Crippen molar-refractivity contribution in [3.05, 3.63) is 29.3 Å². The van der Waals surface area contributed by atoms with Crippen molar-refractivity contribution in [1.29, 1.82) is 0 Å². The standard InChI is InChI=1S/C12H18ClN3O/c1-14-7-4-8-16(2)12(17)15-11-6-3-5-10(13)9-11/h3,5-6,9,14H,4,7-8H2,1-2H3,(H,15,17). The van der Waals surface area contributed by atoms with Crippen molar-refractivity contribution in [2.45, 2.75) is 6.42 Å². The first kappa shape index (κ1) is 13.8. The number of urea groups is 1. The summed E-state index contributed by atoms with van der Waals surface area (Å²) in [5.41, 5.74) is 0.711. The Morgan fingerprint density at radius 1 is 1.47 bits per heavy atom. The third-order valence-electron chi connectivity index (χ3n) is 2.34. The molecule has 2 amide bonds. The highest BCUT2D eigenvalue weighted by molar-refractivity contribution is 6.30. The van der Waals surface area contributed by atoms with E-state index in [9.17, 15) is 4.79 Å². The lowest BCUT2D eigenvalue weighted by Crippen LogP contribution is -2.33. The van der Waals surface area contributed by atoms with Crippen LogP contribution in [0, 0.1) is 0 Å². The molecule has 0 aliphatic heterocycles. The van der Waals surface area contributed by atoms with Gasteiger partial charge in [-0.2, -0.15) is 0 Å². The summed E-state index contributed by atoms with van der Waals surface area (Å²) in [5, 5.41) is 6.45. The quantitative estimate of drug-likeness (QED) is 0.794. The second-order valence-corrected chi connectivity index (χ2v) is 4.26. The molecule has 0 aromatic heterocycles. The van der Waals surface area contributed by atoms with Crippen LogP contribution >= 0.6 is 11.6 Å². The molecule has 0 heterocycles. The minimum Gasteiger partial charge on any atom is -0.328 e. The first-order valence-corrected chi connectivity index (χ1v) is 5.93. The molecule has 94 valence electrons. The van der Waals surface area contributed by atoms with Gasteiger partial charge in [0.1, 0.15) is 0 Å². The molecule has 2 N–H and O–H groups in total. The number of carbonyl (C=O) groups excluding carboxylic acids is 1. The first-order valence-electron chi connectivity index (χ1n) is 5.56. The number of nitrogens with zero attached hydrogens (tertiary/aromatic N) is 1. The smallest absolute Gasteiger partial charge is 0.321 e. The minimum absolute atomic E-state index is 0.122. The van der Waals surface area contributed by atoms with Gasteiger partial charge in [-0.1, -0.05) is 17.7 Å². The normalized spacial score (nSPS) is 10.1. The zero-order valence-corrected chi connectivity index (χ0v) is 10.9. The Kier molecular flexibility index (Phi) is 5.80. The number of hydrogen-bond donors (Lipinski definition) is 2. The number of anilines is 1. The van der Waals surface area contributed by atoms with E-state index >= 15 is 0 Å². The van der Waals surface area contributed by atoms with Crippen LogP contribution in [0.15, 0.2) is 24.3 Å². The van der Waals surface area contributed by atoms with Crippen molar-refractivity contribution < 1.29 is 4.79 Å². The van der Waals surface area contributed by atoms with E-state index < -0.39 is 0 Å². The third-order valence-corrected chi connectivity index (χ3v) is 2.58. The Morgan fingerprint density at radius 3 is 2.88 bits per heavy atom. The third kappa shape index (κ3) is 5.06. The van der Waals surface area contributed by atoms with Gasteiger partial charge in [0.2, 0.25) is 0 Å². The molecular formula is C12H18ClN3O. The lowest BCUT2D eigenvalue weighted by atomic mass is 10.3. The zero-order chi connectivity index (χ0) is 12.7. The van der Waals surface area contributed by atoms with E-state index in [0.29, 0.717) is 17.3 Å². The van der Waals surface area contributed by atoms with Crippen molar-refractivity contribution in [3.63, 3.8) is 0 Å². The fraction of sp³-hybridized carbons (Fsp3) is 0.417. The van der Waals surface area contributed by atoms with E-state index in [4.69, 9.17) is 11.6 Å². The molecule has 0 radical (unpaired) electrons. The Morgan fingerprint density at radius 2 is 2.24 bits per heavy atom. The maximum Gasteiger partial charge on any atom is 0.321 e. The summed E-state index contributed by atoms with van der Waals surface area (Å²) in [6.07, 6.45) is 0.927. The van der Waals surface area contributed by atoms with E-state index in [1.54, 1.807) is 30.1 Å². The van der Waals surface area contributed by atoms with Crippen LogP contribution in [0.25, 0.3) is 0 Å². The molecule has 0 fully saturated rings. The number of hydrogen-bond acceptors (Lipinski definition) is 2. The van der Waals surface area contributed by atoms with Gasteiger partial charge in [0.05, 0.1) is 0 Å². The zero-order valence-electron chi connectivity index (χ0n) is 10.2. The number of carbonyl (C=O) groups is 1. The van der Waals surface area contributed by atoms with Gasteiger partial charge < -0.3 is 15.5 Å². The highest BCUT2D eigenvalue weighted by Gasteiger charge is 2.07. The molecule has 0 spiro atoms. The number of benzene rings is 1. The lowest BCUT2D eigenvalue weighted by molar-refractivity contribution is 0.222. The molecule has 0 aliphatic carbocycles. The average molecular weight is 256 g/mol. The van der Waals surface area contributed by atoms with Crippen molar-refractivity contribution in [1.82, 2.24) is 10.2 Å². The van der Waals surface area contributed by atoms with Crippen molar-refractivity contribution in [2.24, 2.45) is 0 Å². The summed E-state index contributed by atoms with van der Waals surface area (Å²) in [6, 6.07) is 6.99. The summed E-state index contributed by atoms with van der Waals surface area (Å²) < 4.78 is 0. The Balaban J connectivity index is 2.43. The molecule has 0 unspecified atom stereocenters. The van der Waals surface area contributed by atoms with E-state index in [2.05, 4.69) is 10.6 Å². The summed E-state index contributed by atoms with van der Waals surface area (Å²) in [6.45, 7) is 1.61. The summed E-state index contributed by atoms with van der Waals surface area (Å²) in [7, 11) is 3.67. The molecule has 4 nitrogen and oxygen atoms in total. The molecule has 0 aliphatic rings. The van der Waals surface area contributed by atoms with E-state index in [-0.39, 0.29) is 6.03 Å². The fourth-order valence-corrected chi connectivity index (χ4v) is 1.57. The van der Waals surface area contributed by atoms with Gasteiger partial charge in [-0.05, 0) is 38.2 Å². The summed E-state index contributed by atoms with van der Waals surface area (Å²) >= 11 is 5.84. The van der Waals surface area contributed by atoms with Gasteiger partial charge >= 0.3 is 6.03 Å². The lowest BCUT2D eigenvalue weighted by Gasteiger charge is -2.17. The average Bonchev–Trinajstić information content (AvgIpc) is 2.29. The first-order chi connectivity index (χ1) is 8.13. The van der Waals surface area contributed by atoms with Crippen LogP contribution in [-0.4, -0.2) is 38.1 Å². The number of amides is 2. The van der Waals surface area contributed by atoms with Gasteiger partial charge in [-0.25, -0.2) is 4.79 Å². The van der Waals surface area contributed by atoms with Crippen LogP contribution in [0.2, 0.25) is 5.02 Å². The predicted molar refractivity (Wildman–Crippen MR) is 71.6 cm³/mol. The highest BCUT2D eigenvalue weighted by Crippen LogP contribution is 2.15. The maximum absolute atomic E-state index is 11.8. The fourth-order valence-electron chi connectivity index (χ4n) is 1.38. The van der Waals surface area contributed by atoms with Gasteiger partial charge in [-0.15, -0.1) is 0 Å². The topological polar surface area (TPSA) is 44.4 Å². The molecule has 17 heavy (non-hydrogen) atoms. The van der Waals surface area contributed by atoms with Crippen LogP contribution in [0.1, 0.15) is 6.42 Å². The van der Waals surface area contributed by atoms with Crippen LogP contribution in [-0.2, 0) is 0 Å². The molecule has 1 aromatic rings. The van der Waals surface area contributed by atoms with Gasteiger partial charge in [0, 0.05) is 24.3 Å². The summed E-state index contributed by atoms with van der Waals surface area (Å²) in [4.78, 5) is 13.4. The molecule has 1 aromatic carbocycles. The van der Waals surface area contributed by atoms with E-state index in [0.717, 1.165) is 13.0 Å². The van der Waals surface area contributed by atoms with Crippen LogP contribution in [0.5, 0.6) is 0 Å². The van der Waals surface area contributed by atoms with E-state index in [1.807, 2.05) is 13.1 Å². The van der Waals surface area contributed by atoms with Crippen molar-refractivity contribution in [2.75, 3.05) is 32.5 Å². The molecule has 5 heteroatoms.